The second-order valence-corrected chi connectivity index (χ2v) is 7.41. The molecule has 1 spiro atoms. The normalized spacial score (nSPS) is 19.6. The lowest BCUT2D eigenvalue weighted by Crippen LogP contribution is -2.47. The molecule has 1 aromatic rings. The molecule has 0 atom stereocenters. The van der Waals surface area contributed by atoms with Crippen LogP contribution in [0.1, 0.15) is 36.0 Å². The number of piperidine rings is 2. The maximum Gasteiger partial charge on any atom is 0.271 e. The van der Waals surface area contributed by atoms with E-state index in [2.05, 4.69) is 21.2 Å². The predicted molar refractivity (Wildman–Crippen MR) is 97.7 cm³/mol. The van der Waals surface area contributed by atoms with E-state index in [1.807, 2.05) is 4.90 Å². The lowest BCUT2D eigenvalue weighted by atomic mass is 9.71. The Kier molecular flexibility index (Phi) is 6.22. The van der Waals surface area contributed by atoms with Crippen LogP contribution in [0.5, 0.6) is 0 Å². The highest BCUT2D eigenvalue weighted by Crippen LogP contribution is 2.39. The van der Waals surface area contributed by atoms with Gasteiger partial charge in [0.15, 0.2) is 0 Å². The van der Waals surface area contributed by atoms with E-state index in [0.29, 0.717) is 15.5 Å². The minimum absolute atomic E-state index is 0. The Bertz CT molecular complexity index is 625. The van der Waals surface area contributed by atoms with E-state index in [-0.39, 0.29) is 24.0 Å². The smallest absolute Gasteiger partial charge is 0.271 e. The molecule has 0 saturated carbocycles. The molecule has 0 unspecified atom stereocenters. The van der Waals surface area contributed by atoms with Gasteiger partial charge in [0.2, 0.25) is 0 Å². The van der Waals surface area contributed by atoms with Crippen LogP contribution in [0.4, 0.5) is 5.69 Å². The van der Waals surface area contributed by atoms with E-state index in [4.69, 9.17) is 0 Å². The lowest BCUT2D eigenvalue weighted by molar-refractivity contribution is -0.385. The zero-order valence-corrected chi connectivity index (χ0v) is 15.7. The number of nitrogens with zero attached hydrogens (tertiary/aromatic N) is 2. The monoisotopic (exact) mass is 417 g/mol. The third-order valence-corrected chi connectivity index (χ3v) is 5.57. The zero-order chi connectivity index (χ0) is 16.4. The van der Waals surface area contributed by atoms with Crippen LogP contribution in [0.25, 0.3) is 0 Å². The fraction of sp³-hybridized carbons (Fsp3) is 0.562. The third kappa shape index (κ3) is 4.07. The molecule has 1 aromatic carbocycles. The number of likely N-dealkylation sites (tertiary alicyclic amines) is 1. The molecule has 2 saturated heterocycles. The molecule has 2 aliphatic heterocycles. The second-order valence-electron chi connectivity index (χ2n) is 6.50. The Morgan fingerprint density at radius 3 is 2.38 bits per heavy atom. The Morgan fingerprint density at radius 1 is 1.17 bits per heavy atom. The van der Waals surface area contributed by atoms with Crippen molar-refractivity contribution in [2.75, 3.05) is 26.2 Å². The summed E-state index contributed by atoms with van der Waals surface area (Å²) < 4.78 is 0.557. The van der Waals surface area contributed by atoms with Crippen LogP contribution in [0.3, 0.4) is 0 Å². The molecule has 132 valence electrons. The number of rotatable bonds is 2. The first kappa shape index (κ1) is 19.1. The number of halogens is 2. The highest BCUT2D eigenvalue weighted by atomic mass is 79.9. The molecule has 2 aliphatic rings. The first-order chi connectivity index (χ1) is 11.0. The standard InChI is InChI=1S/C16H20BrN3O3.ClH/c17-13-9-12(10-14(11-13)20(22)23)15(21)19-7-3-16(4-8-19)1-5-18-6-2-16;/h9-11,18H,1-8H2;1H. The summed E-state index contributed by atoms with van der Waals surface area (Å²) in [6, 6.07) is 4.43. The number of nitro benzene ring substituents is 1. The average molecular weight is 419 g/mol. The van der Waals surface area contributed by atoms with E-state index in [1.165, 1.54) is 25.0 Å². The summed E-state index contributed by atoms with van der Waals surface area (Å²) in [4.78, 5) is 25.0. The van der Waals surface area contributed by atoms with Gasteiger partial charge in [-0.1, -0.05) is 15.9 Å². The van der Waals surface area contributed by atoms with E-state index >= 15 is 0 Å². The number of non-ortho nitro benzene ring substituents is 1. The topological polar surface area (TPSA) is 75.5 Å². The quantitative estimate of drug-likeness (QED) is 0.590. The molecule has 6 nitrogen and oxygen atoms in total. The van der Waals surface area contributed by atoms with Crippen molar-refractivity contribution in [2.24, 2.45) is 5.41 Å². The van der Waals surface area contributed by atoms with Crippen LogP contribution >= 0.6 is 28.3 Å². The van der Waals surface area contributed by atoms with Crippen LogP contribution < -0.4 is 5.32 Å². The molecule has 1 N–H and O–H groups in total. The lowest BCUT2D eigenvalue weighted by Gasteiger charge is -2.44. The number of carbonyl (C=O) groups is 1. The molecular weight excluding hydrogens is 398 g/mol. The number of amides is 1. The number of nitrogens with one attached hydrogen (secondary N) is 1. The van der Waals surface area contributed by atoms with Crippen molar-refractivity contribution in [3.63, 3.8) is 0 Å². The van der Waals surface area contributed by atoms with Gasteiger partial charge in [-0.15, -0.1) is 12.4 Å². The van der Waals surface area contributed by atoms with Gasteiger partial charge in [0.05, 0.1) is 4.92 Å². The molecule has 8 heteroatoms. The Morgan fingerprint density at radius 2 is 1.79 bits per heavy atom. The van der Waals surface area contributed by atoms with E-state index in [9.17, 15) is 14.9 Å². The number of hydrogen-bond donors (Lipinski definition) is 1. The van der Waals surface area contributed by atoms with Gasteiger partial charge in [0, 0.05) is 35.3 Å². The molecule has 0 aliphatic carbocycles. The van der Waals surface area contributed by atoms with Gasteiger partial charge in [-0.05, 0) is 50.3 Å². The summed E-state index contributed by atoms with van der Waals surface area (Å²) in [6.07, 6.45) is 4.40. The molecule has 3 rings (SSSR count). The highest BCUT2D eigenvalue weighted by molar-refractivity contribution is 9.10. The third-order valence-electron chi connectivity index (χ3n) is 5.12. The molecule has 0 radical (unpaired) electrons. The van der Waals surface area contributed by atoms with Crippen LogP contribution in [0.2, 0.25) is 0 Å². The Labute approximate surface area is 155 Å². The van der Waals surface area contributed by atoms with Crippen molar-refractivity contribution in [1.82, 2.24) is 10.2 Å². The molecular formula is C16H21BrClN3O3. The van der Waals surface area contributed by atoms with Gasteiger partial charge in [-0.3, -0.25) is 14.9 Å². The van der Waals surface area contributed by atoms with Crippen molar-refractivity contribution in [3.05, 3.63) is 38.3 Å². The molecule has 24 heavy (non-hydrogen) atoms. The van der Waals surface area contributed by atoms with Crippen LogP contribution in [-0.2, 0) is 0 Å². The summed E-state index contributed by atoms with van der Waals surface area (Å²) >= 11 is 3.25. The summed E-state index contributed by atoms with van der Waals surface area (Å²) in [7, 11) is 0. The van der Waals surface area contributed by atoms with Gasteiger partial charge in [0.1, 0.15) is 0 Å². The fourth-order valence-electron chi connectivity index (χ4n) is 3.63. The Balaban J connectivity index is 0.00000208. The van der Waals surface area contributed by atoms with Crippen LogP contribution in [0.15, 0.2) is 22.7 Å². The molecule has 2 fully saturated rings. The Hall–Kier alpha value is -1.18. The van der Waals surface area contributed by atoms with Crippen molar-refractivity contribution in [2.45, 2.75) is 25.7 Å². The number of nitro groups is 1. The van der Waals surface area contributed by atoms with Gasteiger partial charge < -0.3 is 10.2 Å². The maximum atomic E-state index is 12.7. The summed E-state index contributed by atoms with van der Waals surface area (Å²) in [5.74, 6) is -0.113. The average Bonchev–Trinajstić information content (AvgIpc) is 2.55. The first-order valence-electron chi connectivity index (χ1n) is 7.94. The maximum absolute atomic E-state index is 12.7. The van der Waals surface area contributed by atoms with Gasteiger partial charge >= 0.3 is 0 Å². The number of hydrogen-bond acceptors (Lipinski definition) is 4. The molecule has 0 aromatic heterocycles. The van der Waals surface area contributed by atoms with E-state index < -0.39 is 4.92 Å². The summed E-state index contributed by atoms with van der Waals surface area (Å²) in [6.45, 7) is 3.59. The van der Waals surface area contributed by atoms with Crippen molar-refractivity contribution in [1.29, 1.82) is 0 Å². The van der Waals surface area contributed by atoms with Crippen molar-refractivity contribution >= 4 is 39.9 Å². The van der Waals surface area contributed by atoms with E-state index in [0.717, 1.165) is 39.0 Å². The highest BCUT2D eigenvalue weighted by Gasteiger charge is 2.37. The molecule has 1 amide bonds. The summed E-state index contributed by atoms with van der Waals surface area (Å²) in [5, 5.41) is 14.4. The van der Waals surface area contributed by atoms with E-state index in [1.54, 1.807) is 6.07 Å². The first-order valence-corrected chi connectivity index (χ1v) is 8.73. The van der Waals surface area contributed by atoms with Crippen LogP contribution in [-0.4, -0.2) is 41.9 Å². The molecule has 0 bridgehead atoms. The summed E-state index contributed by atoms with van der Waals surface area (Å²) in [5.41, 5.74) is 0.701. The second kappa shape index (κ2) is 7.80. The zero-order valence-electron chi connectivity index (χ0n) is 13.3. The van der Waals surface area contributed by atoms with Crippen molar-refractivity contribution < 1.29 is 9.72 Å². The van der Waals surface area contributed by atoms with Crippen LogP contribution in [0, 0.1) is 15.5 Å². The SMILES string of the molecule is Cl.O=C(c1cc(Br)cc([N+](=O)[O-])c1)N1CCC2(CCNCC2)CC1. The van der Waals surface area contributed by atoms with Gasteiger partial charge in [0.25, 0.3) is 11.6 Å². The minimum atomic E-state index is -0.470. The fourth-order valence-corrected chi connectivity index (χ4v) is 4.11. The predicted octanol–water partition coefficient (Wildman–Crippen LogP) is 3.38. The van der Waals surface area contributed by atoms with Gasteiger partial charge in [-0.25, -0.2) is 0 Å². The van der Waals surface area contributed by atoms with Crippen molar-refractivity contribution in [3.8, 4) is 0 Å². The number of carbonyl (C=O) groups excluding carboxylic acids is 1. The minimum Gasteiger partial charge on any atom is -0.339 e. The number of benzene rings is 1. The largest absolute Gasteiger partial charge is 0.339 e. The van der Waals surface area contributed by atoms with Gasteiger partial charge in [-0.2, -0.15) is 0 Å². The molecule has 2 heterocycles.